The van der Waals surface area contributed by atoms with Gasteiger partial charge >= 0.3 is 0 Å². The Kier molecular flexibility index (Phi) is 3.62. The van der Waals surface area contributed by atoms with Crippen LogP contribution in [0.15, 0.2) is 18.2 Å². The second-order valence-corrected chi connectivity index (χ2v) is 4.61. The quantitative estimate of drug-likeness (QED) is 0.635. The summed E-state index contributed by atoms with van der Waals surface area (Å²) in [7, 11) is 0. The largest absolute Gasteiger partial charge is 0.312 e. The summed E-state index contributed by atoms with van der Waals surface area (Å²) in [5.41, 5.74) is 2.77. The van der Waals surface area contributed by atoms with Crippen molar-refractivity contribution in [2.75, 3.05) is 16.8 Å². The van der Waals surface area contributed by atoms with Crippen LogP contribution < -0.4 is 4.90 Å². The molecule has 1 aliphatic heterocycles. The Morgan fingerprint density at radius 2 is 2.18 bits per heavy atom. The molecule has 1 amide bonds. The van der Waals surface area contributed by atoms with Gasteiger partial charge < -0.3 is 4.90 Å². The van der Waals surface area contributed by atoms with E-state index in [1.165, 1.54) is 0 Å². The van der Waals surface area contributed by atoms with Crippen LogP contribution in [0.2, 0.25) is 0 Å². The van der Waals surface area contributed by atoms with E-state index in [9.17, 15) is 9.59 Å². The first kappa shape index (κ1) is 12.3. The summed E-state index contributed by atoms with van der Waals surface area (Å²) in [4.78, 5) is 25.1. The monoisotopic (exact) mass is 295 g/mol. The summed E-state index contributed by atoms with van der Waals surface area (Å²) in [5, 5.41) is 0.337. The highest BCUT2D eigenvalue weighted by Crippen LogP contribution is 2.29. The minimum absolute atomic E-state index is 0.0769. The van der Waals surface area contributed by atoms with Crippen molar-refractivity contribution in [3.8, 4) is 0 Å². The van der Waals surface area contributed by atoms with Gasteiger partial charge in [-0.05, 0) is 30.2 Å². The molecule has 0 atom stereocenters. The van der Waals surface area contributed by atoms with Crippen molar-refractivity contribution in [1.82, 2.24) is 0 Å². The van der Waals surface area contributed by atoms with Crippen LogP contribution in [0.5, 0.6) is 0 Å². The zero-order valence-electron chi connectivity index (χ0n) is 9.70. The standard InChI is InChI=1S/C13H14BrNO2/c1-2-13(17)15-6-5-9-7-10(12(16)8-14)3-4-11(9)15/h3-4,7H,2,5-6,8H2,1H3. The number of anilines is 1. The van der Waals surface area contributed by atoms with Gasteiger partial charge in [0, 0.05) is 24.2 Å². The van der Waals surface area contributed by atoms with Crippen molar-refractivity contribution < 1.29 is 9.59 Å². The summed E-state index contributed by atoms with van der Waals surface area (Å²) >= 11 is 3.16. The average Bonchev–Trinajstić information content (AvgIpc) is 2.79. The molecule has 2 rings (SSSR count). The minimum atomic E-state index is 0.0769. The molecule has 0 radical (unpaired) electrons. The maximum absolute atomic E-state index is 11.7. The lowest BCUT2D eigenvalue weighted by molar-refractivity contribution is -0.118. The second kappa shape index (κ2) is 5.00. The number of benzene rings is 1. The Labute approximate surface area is 109 Å². The van der Waals surface area contributed by atoms with Gasteiger partial charge in [0.2, 0.25) is 5.91 Å². The fourth-order valence-corrected chi connectivity index (χ4v) is 2.43. The number of alkyl halides is 1. The maximum atomic E-state index is 11.7. The molecule has 0 saturated carbocycles. The minimum Gasteiger partial charge on any atom is -0.312 e. The molecule has 0 aliphatic carbocycles. The second-order valence-electron chi connectivity index (χ2n) is 4.05. The fraction of sp³-hybridized carbons (Fsp3) is 0.385. The predicted molar refractivity (Wildman–Crippen MR) is 70.9 cm³/mol. The Bertz CT molecular complexity index is 470. The Balaban J connectivity index is 2.32. The van der Waals surface area contributed by atoms with E-state index >= 15 is 0 Å². The third-order valence-electron chi connectivity index (χ3n) is 3.02. The first-order valence-corrected chi connectivity index (χ1v) is 6.82. The number of nitrogens with zero attached hydrogens (tertiary/aromatic N) is 1. The van der Waals surface area contributed by atoms with Crippen molar-refractivity contribution in [2.45, 2.75) is 19.8 Å². The molecule has 1 aliphatic rings. The molecule has 4 heteroatoms. The number of carbonyl (C=O) groups excluding carboxylic acids is 2. The van der Waals surface area contributed by atoms with Crippen molar-refractivity contribution in [3.63, 3.8) is 0 Å². The topological polar surface area (TPSA) is 37.4 Å². The lowest BCUT2D eigenvalue weighted by Crippen LogP contribution is -2.27. The summed E-state index contributed by atoms with van der Waals surface area (Å²) in [6, 6.07) is 5.58. The number of rotatable bonds is 3. The molecule has 1 heterocycles. The number of carbonyl (C=O) groups is 2. The molecule has 1 aromatic rings. The van der Waals surface area contributed by atoms with Crippen molar-refractivity contribution in [1.29, 1.82) is 0 Å². The van der Waals surface area contributed by atoms with Gasteiger partial charge in [0.25, 0.3) is 0 Å². The predicted octanol–water partition coefficient (Wildman–Crippen LogP) is 2.56. The molecule has 1 aromatic carbocycles. The Morgan fingerprint density at radius 1 is 1.41 bits per heavy atom. The molecule has 0 N–H and O–H groups in total. The zero-order chi connectivity index (χ0) is 12.4. The molecule has 0 unspecified atom stereocenters. The first-order valence-electron chi connectivity index (χ1n) is 5.69. The van der Waals surface area contributed by atoms with E-state index in [-0.39, 0.29) is 11.7 Å². The van der Waals surface area contributed by atoms with Gasteiger partial charge in [-0.15, -0.1) is 0 Å². The third kappa shape index (κ3) is 2.27. The van der Waals surface area contributed by atoms with Crippen LogP contribution in [0.1, 0.15) is 29.3 Å². The van der Waals surface area contributed by atoms with Crippen LogP contribution in [0, 0.1) is 0 Å². The SMILES string of the molecule is CCC(=O)N1CCc2cc(C(=O)CBr)ccc21. The van der Waals surface area contributed by atoms with Crippen LogP contribution >= 0.6 is 15.9 Å². The lowest BCUT2D eigenvalue weighted by atomic mass is 10.1. The van der Waals surface area contributed by atoms with E-state index in [1.54, 1.807) is 11.0 Å². The number of ketones is 1. The smallest absolute Gasteiger partial charge is 0.226 e. The number of hydrogen-bond donors (Lipinski definition) is 0. The van der Waals surface area contributed by atoms with E-state index in [0.29, 0.717) is 17.3 Å². The van der Waals surface area contributed by atoms with Crippen LogP contribution in [0.3, 0.4) is 0 Å². The number of amides is 1. The number of Topliss-reactive ketones (excluding diaryl/α,β-unsaturated/α-hetero) is 1. The van der Waals surface area contributed by atoms with Gasteiger partial charge in [-0.2, -0.15) is 0 Å². The van der Waals surface area contributed by atoms with E-state index in [2.05, 4.69) is 15.9 Å². The van der Waals surface area contributed by atoms with Gasteiger partial charge in [0.15, 0.2) is 5.78 Å². The molecule has 17 heavy (non-hydrogen) atoms. The molecule has 0 fully saturated rings. The highest BCUT2D eigenvalue weighted by Gasteiger charge is 2.24. The molecule has 0 aromatic heterocycles. The van der Waals surface area contributed by atoms with Crippen LogP contribution in [-0.4, -0.2) is 23.6 Å². The van der Waals surface area contributed by atoms with Crippen molar-refractivity contribution in [2.24, 2.45) is 0 Å². The van der Waals surface area contributed by atoms with Gasteiger partial charge in [-0.3, -0.25) is 9.59 Å². The van der Waals surface area contributed by atoms with E-state index in [1.807, 2.05) is 19.1 Å². The zero-order valence-corrected chi connectivity index (χ0v) is 11.3. The molecular formula is C13H14BrNO2. The van der Waals surface area contributed by atoms with Gasteiger partial charge in [0.05, 0.1) is 5.33 Å². The summed E-state index contributed by atoms with van der Waals surface area (Å²) < 4.78 is 0. The highest BCUT2D eigenvalue weighted by molar-refractivity contribution is 9.09. The molecule has 0 saturated heterocycles. The van der Waals surface area contributed by atoms with E-state index in [0.717, 1.165) is 24.2 Å². The van der Waals surface area contributed by atoms with E-state index < -0.39 is 0 Å². The lowest BCUT2D eigenvalue weighted by Gasteiger charge is -2.16. The maximum Gasteiger partial charge on any atom is 0.226 e. The molecular weight excluding hydrogens is 282 g/mol. The average molecular weight is 296 g/mol. The first-order chi connectivity index (χ1) is 8.17. The third-order valence-corrected chi connectivity index (χ3v) is 3.53. The molecule has 0 spiro atoms. The summed E-state index contributed by atoms with van der Waals surface area (Å²) in [6.07, 6.45) is 1.35. The molecule has 3 nitrogen and oxygen atoms in total. The summed E-state index contributed by atoms with van der Waals surface area (Å²) in [6.45, 7) is 2.59. The van der Waals surface area contributed by atoms with Gasteiger partial charge in [-0.1, -0.05) is 22.9 Å². The van der Waals surface area contributed by atoms with Crippen molar-refractivity contribution >= 4 is 33.3 Å². The van der Waals surface area contributed by atoms with Crippen molar-refractivity contribution in [3.05, 3.63) is 29.3 Å². The number of hydrogen-bond acceptors (Lipinski definition) is 2. The van der Waals surface area contributed by atoms with Crippen LogP contribution in [-0.2, 0) is 11.2 Å². The Morgan fingerprint density at radius 3 is 2.82 bits per heavy atom. The molecule has 0 bridgehead atoms. The van der Waals surface area contributed by atoms with Gasteiger partial charge in [0.1, 0.15) is 0 Å². The van der Waals surface area contributed by atoms with Crippen LogP contribution in [0.25, 0.3) is 0 Å². The number of halogens is 1. The van der Waals surface area contributed by atoms with Gasteiger partial charge in [-0.25, -0.2) is 0 Å². The summed E-state index contributed by atoms with van der Waals surface area (Å²) in [5.74, 6) is 0.219. The number of fused-ring (bicyclic) bond motifs is 1. The Hall–Kier alpha value is -1.16. The highest BCUT2D eigenvalue weighted by atomic mass is 79.9. The molecule has 90 valence electrons. The fourth-order valence-electron chi connectivity index (χ4n) is 2.10. The normalized spacial score (nSPS) is 13.6. The van der Waals surface area contributed by atoms with Crippen LogP contribution in [0.4, 0.5) is 5.69 Å². The van der Waals surface area contributed by atoms with E-state index in [4.69, 9.17) is 0 Å².